The zero-order valence-corrected chi connectivity index (χ0v) is 16.4. The second kappa shape index (κ2) is 6.81. The van der Waals surface area contributed by atoms with Crippen LogP contribution < -0.4 is 5.32 Å². The van der Waals surface area contributed by atoms with E-state index in [9.17, 15) is 9.18 Å². The maximum absolute atomic E-state index is 14.4. The number of carbonyl (C=O) groups excluding carboxylic acids is 1. The number of rotatable bonds is 2. The van der Waals surface area contributed by atoms with Gasteiger partial charge >= 0.3 is 0 Å². The second-order valence-corrected chi connectivity index (χ2v) is 7.74. The number of halogens is 1. The number of allylic oxidation sites excluding steroid dienone is 1. The Morgan fingerprint density at radius 2 is 2.17 bits per heavy atom. The first kappa shape index (κ1) is 18.1. The molecule has 0 saturated carbocycles. The van der Waals surface area contributed by atoms with E-state index in [-0.39, 0.29) is 17.8 Å². The molecule has 2 atom stereocenters. The van der Waals surface area contributed by atoms with Crippen LogP contribution in [0.2, 0.25) is 0 Å². The summed E-state index contributed by atoms with van der Waals surface area (Å²) in [5.41, 5.74) is 2.21. The van der Waals surface area contributed by atoms with Crippen molar-refractivity contribution in [1.29, 1.82) is 0 Å². The molecule has 1 amide bonds. The number of aryl methyl sites for hydroxylation is 1. The summed E-state index contributed by atoms with van der Waals surface area (Å²) in [6, 6.07) is 3.08. The summed E-state index contributed by atoms with van der Waals surface area (Å²) in [6.45, 7) is 6.53. The Bertz CT molecular complexity index is 1090. The highest BCUT2D eigenvalue weighted by Crippen LogP contribution is 2.32. The number of piperazine rings is 1. The van der Waals surface area contributed by atoms with E-state index in [2.05, 4.69) is 22.1 Å². The number of carbonyl (C=O) groups is 1. The van der Waals surface area contributed by atoms with Crippen LogP contribution in [-0.4, -0.2) is 52.2 Å². The number of nitrogens with one attached hydrogen (secondary N) is 1. The van der Waals surface area contributed by atoms with Crippen molar-refractivity contribution in [2.75, 3.05) is 19.6 Å². The summed E-state index contributed by atoms with van der Waals surface area (Å²) in [6.07, 6.45) is 5.89. The molecule has 0 bridgehead atoms. The SMILES string of the molecule is Cc1nc2c(F)cc(C3CC(=O)N4C=C(N5CCN[C@@H](C)C5)C=CC4=N3)cc2o1. The van der Waals surface area contributed by atoms with Gasteiger partial charge in [0.25, 0.3) is 0 Å². The second-order valence-electron chi connectivity index (χ2n) is 7.74. The number of amidine groups is 1. The summed E-state index contributed by atoms with van der Waals surface area (Å²) < 4.78 is 19.9. The van der Waals surface area contributed by atoms with Crippen molar-refractivity contribution in [3.05, 3.63) is 53.5 Å². The van der Waals surface area contributed by atoms with Crippen LogP contribution in [0.5, 0.6) is 0 Å². The molecule has 0 aliphatic carbocycles. The van der Waals surface area contributed by atoms with Crippen LogP contribution in [0.4, 0.5) is 4.39 Å². The van der Waals surface area contributed by atoms with E-state index in [1.54, 1.807) is 17.9 Å². The minimum absolute atomic E-state index is 0.0562. The Morgan fingerprint density at radius 1 is 1.31 bits per heavy atom. The van der Waals surface area contributed by atoms with Crippen LogP contribution in [0.3, 0.4) is 0 Å². The smallest absolute Gasteiger partial charge is 0.234 e. The third-order valence-corrected chi connectivity index (χ3v) is 5.53. The van der Waals surface area contributed by atoms with E-state index >= 15 is 0 Å². The molecule has 0 spiro atoms. The summed E-state index contributed by atoms with van der Waals surface area (Å²) >= 11 is 0. The first-order chi connectivity index (χ1) is 14.0. The van der Waals surface area contributed by atoms with Gasteiger partial charge in [-0.05, 0) is 36.8 Å². The summed E-state index contributed by atoms with van der Waals surface area (Å²) in [5, 5.41) is 3.42. The van der Waals surface area contributed by atoms with Crippen LogP contribution in [-0.2, 0) is 4.79 Å². The van der Waals surface area contributed by atoms with Crippen molar-refractivity contribution >= 4 is 22.8 Å². The molecule has 4 heterocycles. The molecular weight excluding hydrogens is 373 g/mol. The van der Waals surface area contributed by atoms with Crippen LogP contribution in [0.15, 0.2) is 45.6 Å². The number of nitrogens with zero attached hydrogens (tertiary/aromatic N) is 4. The van der Waals surface area contributed by atoms with Gasteiger partial charge in [-0.25, -0.2) is 9.37 Å². The normalized spacial score (nSPS) is 24.6. The molecule has 1 unspecified atom stereocenters. The predicted octanol–water partition coefficient (Wildman–Crippen LogP) is 2.65. The quantitative estimate of drug-likeness (QED) is 0.846. The lowest BCUT2D eigenvalue weighted by atomic mass is 10.0. The predicted molar refractivity (Wildman–Crippen MR) is 107 cm³/mol. The molecule has 150 valence electrons. The minimum atomic E-state index is -0.460. The van der Waals surface area contributed by atoms with E-state index in [1.807, 2.05) is 18.4 Å². The van der Waals surface area contributed by atoms with Gasteiger partial charge in [0.2, 0.25) is 5.91 Å². The van der Waals surface area contributed by atoms with Crippen LogP contribution in [0, 0.1) is 12.7 Å². The lowest BCUT2D eigenvalue weighted by Crippen LogP contribution is -2.49. The molecule has 29 heavy (non-hydrogen) atoms. The van der Waals surface area contributed by atoms with Gasteiger partial charge in [-0.15, -0.1) is 0 Å². The lowest BCUT2D eigenvalue weighted by molar-refractivity contribution is -0.126. The van der Waals surface area contributed by atoms with Gasteiger partial charge in [0.1, 0.15) is 11.4 Å². The third-order valence-electron chi connectivity index (χ3n) is 5.53. The van der Waals surface area contributed by atoms with Gasteiger partial charge in [0.05, 0.1) is 18.2 Å². The average Bonchev–Trinajstić information content (AvgIpc) is 3.08. The van der Waals surface area contributed by atoms with Gasteiger partial charge in [-0.2, -0.15) is 0 Å². The molecule has 1 aromatic heterocycles. The number of hydrogen-bond donors (Lipinski definition) is 1. The molecule has 1 aromatic carbocycles. The highest BCUT2D eigenvalue weighted by Gasteiger charge is 2.31. The van der Waals surface area contributed by atoms with Crippen molar-refractivity contribution in [1.82, 2.24) is 20.1 Å². The fourth-order valence-corrected chi connectivity index (χ4v) is 4.11. The van der Waals surface area contributed by atoms with Crippen LogP contribution in [0.1, 0.15) is 30.8 Å². The Hall–Kier alpha value is -3.00. The Labute approximate surface area is 167 Å². The zero-order chi connectivity index (χ0) is 20.1. The van der Waals surface area contributed by atoms with Crippen molar-refractivity contribution in [2.24, 2.45) is 4.99 Å². The Morgan fingerprint density at radius 3 is 3.00 bits per heavy atom. The summed E-state index contributed by atoms with van der Waals surface area (Å²) in [5.74, 6) is 0.466. The van der Waals surface area contributed by atoms with Gasteiger partial charge < -0.3 is 14.6 Å². The number of benzene rings is 1. The molecule has 2 aromatic rings. The zero-order valence-electron chi connectivity index (χ0n) is 16.4. The molecule has 1 saturated heterocycles. The maximum Gasteiger partial charge on any atom is 0.234 e. The summed E-state index contributed by atoms with van der Waals surface area (Å²) in [4.78, 5) is 25.5. The monoisotopic (exact) mass is 395 g/mol. The molecule has 1 N–H and O–H groups in total. The number of hydrogen-bond acceptors (Lipinski definition) is 6. The van der Waals surface area contributed by atoms with E-state index in [0.29, 0.717) is 28.9 Å². The van der Waals surface area contributed by atoms with Gasteiger partial charge in [-0.1, -0.05) is 0 Å². The van der Waals surface area contributed by atoms with E-state index < -0.39 is 11.9 Å². The number of fused-ring (bicyclic) bond motifs is 2. The standard InChI is InChI=1S/C21H22FN5O2/c1-12-10-26(6-5-23-12)15-3-4-19-25-17(9-20(28)27(19)11-15)14-7-16(22)21-18(8-14)29-13(2)24-21/h3-4,7-8,11-12,17,23H,5-6,9-10H2,1-2H3/t12-,17?/m0/s1. The van der Waals surface area contributed by atoms with Gasteiger partial charge in [0, 0.05) is 38.8 Å². The van der Waals surface area contributed by atoms with E-state index in [1.165, 1.54) is 6.07 Å². The fourth-order valence-electron chi connectivity index (χ4n) is 4.11. The number of amides is 1. The van der Waals surface area contributed by atoms with Crippen molar-refractivity contribution in [3.8, 4) is 0 Å². The van der Waals surface area contributed by atoms with Crippen molar-refractivity contribution in [3.63, 3.8) is 0 Å². The van der Waals surface area contributed by atoms with E-state index in [0.717, 1.165) is 25.3 Å². The molecular formula is C21H22FN5O2. The van der Waals surface area contributed by atoms with Gasteiger partial charge in [-0.3, -0.25) is 14.7 Å². The third kappa shape index (κ3) is 3.23. The van der Waals surface area contributed by atoms with Gasteiger partial charge in [0.15, 0.2) is 17.3 Å². The number of aromatic nitrogens is 1. The first-order valence-corrected chi connectivity index (χ1v) is 9.82. The highest BCUT2D eigenvalue weighted by molar-refractivity contribution is 6.08. The number of aliphatic imine (C=N–C) groups is 1. The molecule has 1 fully saturated rings. The van der Waals surface area contributed by atoms with Crippen molar-refractivity contribution in [2.45, 2.75) is 32.4 Å². The molecule has 8 heteroatoms. The van der Waals surface area contributed by atoms with Crippen LogP contribution in [0.25, 0.3) is 11.1 Å². The first-order valence-electron chi connectivity index (χ1n) is 9.82. The molecule has 7 nitrogen and oxygen atoms in total. The Kier molecular flexibility index (Phi) is 4.24. The minimum Gasteiger partial charge on any atom is -0.441 e. The molecule has 3 aliphatic rings. The summed E-state index contributed by atoms with van der Waals surface area (Å²) in [7, 11) is 0. The van der Waals surface area contributed by atoms with Crippen LogP contribution >= 0.6 is 0 Å². The van der Waals surface area contributed by atoms with E-state index in [4.69, 9.17) is 9.41 Å². The maximum atomic E-state index is 14.4. The van der Waals surface area contributed by atoms with Crippen molar-refractivity contribution < 1.29 is 13.6 Å². The average molecular weight is 395 g/mol. The largest absolute Gasteiger partial charge is 0.441 e. The number of oxazole rings is 1. The molecule has 3 aliphatic heterocycles. The topological polar surface area (TPSA) is 74.0 Å². The fraction of sp³-hybridized carbons (Fsp3) is 0.381. The molecule has 5 rings (SSSR count). The highest BCUT2D eigenvalue weighted by atomic mass is 19.1. The lowest BCUT2D eigenvalue weighted by Gasteiger charge is -2.37. The molecule has 0 radical (unpaired) electrons. The Balaban J connectivity index is 1.44.